The van der Waals surface area contributed by atoms with E-state index in [0.29, 0.717) is 45.4 Å². The summed E-state index contributed by atoms with van der Waals surface area (Å²) >= 11 is 0. The van der Waals surface area contributed by atoms with E-state index in [2.05, 4.69) is 5.32 Å². The summed E-state index contributed by atoms with van der Waals surface area (Å²) in [7, 11) is 0. The lowest BCUT2D eigenvalue weighted by Gasteiger charge is -2.38. The molecule has 0 aromatic heterocycles. The number of fused-ring (bicyclic) bond motifs is 1. The molecule has 3 aliphatic heterocycles. The molecule has 1 N–H and O–H groups in total. The van der Waals surface area contributed by atoms with E-state index >= 15 is 0 Å². The number of rotatable bonds is 3. The maximum absolute atomic E-state index is 12.5. The molecule has 1 unspecified atom stereocenters. The van der Waals surface area contributed by atoms with Crippen molar-refractivity contribution in [3.05, 3.63) is 35.4 Å². The minimum absolute atomic E-state index is 0.00190. The van der Waals surface area contributed by atoms with Crippen molar-refractivity contribution in [2.24, 2.45) is 0 Å². The highest BCUT2D eigenvalue weighted by Gasteiger charge is 2.45. The largest absolute Gasteiger partial charge is 0.343 e. The number of amides is 3. The van der Waals surface area contributed by atoms with Crippen molar-refractivity contribution >= 4 is 17.7 Å². The van der Waals surface area contributed by atoms with Gasteiger partial charge in [0.1, 0.15) is 11.8 Å². The van der Waals surface area contributed by atoms with E-state index in [1.54, 1.807) is 16.7 Å². The first-order valence-corrected chi connectivity index (χ1v) is 9.12. The number of carbonyl (C=O) groups is 3. The van der Waals surface area contributed by atoms with Gasteiger partial charge < -0.3 is 19.9 Å². The molecule has 1 aromatic rings. The Bertz CT molecular complexity index is 755. The lowest BCUT2D eigenvalue weighted by atomic mass is 10.0. The van der Waals surface area contributed by atoms with Crippen molar-refractivity contribution < 1.29 is 19.1 Å². The monoisotopic (exact) mass is 357 g/mol. The van der Waals surface area contributed by atoms with Crippen molar-refractivity contribution in [3.8, 4) is 0 Å². The second kappa shape index (κ2) is 6.39. The number of hydrogen-bond donors (Lipinski definition) is 1. The molecular formula is C19H23N3O4. The van der Waals surface area contributed by atoms with E-state index < -0.39 is 11.8 Å². The molecule has 3 aliphatic rings. The topological polar surface area (TPSA) is 79.0 Å². The van der Waals surface area contributed by atoms with E-state index in [9.17, 15) is 14.4 Å². The first-order chi connectivity index (χ1) is 12.5. The summed E-state index contributed by atoms with van der Waals surface area (Å²) in [6, 6.07) is 7.57. The first kappa shape index (κ1) is 17.0. The van der Waals surface area contributed by atoms with Crippen molar-refractivity contribution in [3.63, 3.8) is 0 Å². The average Bonchev–Trinajstić information content (AvgIpc) is 3.10. The SMILES string of the molecule is CC1OC2(CCN(C(=O)CCN3Cc4ccccc4C3=O)CC2)NC1=O. The van der Waals surface area contributed by atoms with E-state index in [0.717, 1.165) is 11.1 Å². The number of piperidine rings is 1. The van der Waals surface area contributed by atoms with Gasteiger partial charge in [0.15, 0.2) is 0 Å². The van der Waals surface area contributed by atoms with Gasteiger partial charge in [-0.1, -0.05) is 18.2 Å². The van der Waals surface area contributed by atoms with Gasteiger partial charge in [0.25, 0.3) is 11.8 Å². The van der Waals surface area contributed by atoms with Gasteiger partial charge in [0.05, 0.1) is 0 Å². The van der Waals surface area contributed by atoms with Crippen molar-refractivity contribution in [1.82, 2.24) is 15.1 Å². The van der Waals surface area contributed by atoms with Crippen LogP contribution in [0.4, 0.5) is 0 Å². The first-order valence-electron chi connectivity index (χ1n) is 9.12. The zero-order chi connectivity index (χ0) is 18.3. The molecule has 0 radical (unpaired) electrons. The predicted octanol–water partition coefficient (Wildman–Crippen LogP) is 0.886. The number of ether oxygens (including phenoxy) is 1. The van der Waals surface area contributed by atoms with Crippen LogP contribution < -0.4 is 5.32 Å². The van der Waals surface area contributed by atoms with Crippen LogP contribution in [-0.4, -0.2) is 59.0 Å². The fourth-order valence-electron chi connectivity index (χ4n) is 3.99. The Morgan fingerprint density at radius 3 is 2.65 bits per heavy atom. The van der Waals surface area contributed by atoms with Gasteiger partial charge in [-0.3, -0.25) is 14.4 Å². The zero-order valence-electron chi connectivity index (χ0n) is 14.9. The van der Waals surface area contributed by atoms with Crippen LogP contribution in [0.15, 0.2) is 24.3 Å². The second-order valence-corrected chi connectivity index (χ2v) is 7.26. The summed E-state index contributed by atoms with van der Waals surface area (Å²) in [4.78, 5) is 40.1. The molecular weight excluding hydrogens is 334 g/mol. The van der Waals surface area contributed by atoms with Gasteiger partial charge in [0, 0.05) is 51.0 Å². The standard InChI is InChI=1S/C19H23N3O4/c1-13-17(24)20-19(26-13)7-10-21(11-8-19)16(23)6-9-22-12-14-4-2-3-5-15(14)18(22)25/h2-5,13H,6-12H2,1H3,(H,20,24). The highest BCUT2D eigenvalue weighted by Crippen LogP contribution is 2.30. The second-order valence-electron chi connectivity index (χ2n) is 7.26. The van der Waals surface area contributed by atoms with E-state index in [1.165, 1.54) is 0 Å². The van der Waals surface area contributed by atoms with Crippen LogP contribution in [0.2, 0.25) is 0 Å². The summed E-state index contributed by atoms with van der Waals surface area (Å²) in [6.45, 7) is 3.86. The third kappa shape index (κ3) is 2.96. The summed E-state index contributed by atoms with van der Waals surface area (Å²) in [6.07, 6.45) is 1.09. The number of nitrogens with zero attached hydrogens (tertiary/aromatic N) is 2. The molecule has 3 amide bonds. The lowest BCUT2D eigenvalue weighted by Crippen LogP contribution is -2.53. The van der Waals surface area contributed by atoms with Crippen LogP contribution in [0, 0.1) is 0 Å². The molecule has 26 heavy (non-hydrogen) atoms. The van der Waals surface area contributed by atoms with Crippen LogP contribution in [-0.2, 0) is 20.9 Å². The Kier molecular flexibility index (Phi) is 4.19. The Morgan fingerprint density at radius 2 is 2.00 bits per heavy atom. The van der Waals surface area contributed by atoms with Gasteiger partial charge in [-0.25, -0.2) is 0 Å². The van der Waals surface area contributed by atoms with E-state index in [-0.39, 0.29) is 17.7 Å². The molecule has 3 heterocycles. The lowest BCUT2D eigenvalue weighted by molar-refractivity contribution is -0.138. The average molecular weight is 357 g/mol. The maximum Gasteiger partial charge on any atom is 0.254 e. The van der Waals surface area contributed by atoms with Crippen LogP contribution in [0.25, 0.3) is 0 Å². The molecule has 1 aromatic carbocycles. The summed E-state index contributed by atoms with van der Waals surface area (Å²) < 4.78 is 5.77. The molecule has 2 fully saturated rings. The van der Waals surface area contributed by atoms with Crippen LogP contribution in [0.1, 0.15) is 42.1 Å². The zero-order valence-corrected chi connectivity index (χ0v) is 14.9. The van der Waals surface area contributed by atoms with Crippen molar-refractivity contribution in [2.75, 3.05) is 19.6 Å². The Balaban J connectivity index is 1.28. The summed E-state index contributed by atoms with van der Waals surface area (Å²) in [5.74, 6) is -0.0417. The molecule has 1 spiro atoms. The van der Waals surface area contributed by atoms with Gasteiger partial charge in [-0.15, -0.1) is 0 Å². The van der Waals surface area contributed by atoms with Crippen LogP contribution in [0.5, 0.6) is 0 Å². The van der Waals surface area contributed by atoms with Gasteiger partial charge in [-0.05, 0) is 18.6 Å². The highest BCUT2D eigenvalue weighted by atomic mass is 16.5. The molecule has 138 valence electrons. The molecule has 0 aliphatic carbocycles. The fourth-order valence-corrected chi connectivity index (χ4v) is 3.99. The minimum atomic E-state index is -0.611. The normalized spacial score (nSPS) is 24.1. The number of benzene rings is 1. The number of carbonyl (C=O) groups excluding carboxylic acids is 3. The smallest absolute Gasteiger partial charge is 0.254 e. The Hall–Kier alpha value is -2.41. The van der Waals surface area contributed by atoms with E-state index in [1.807, 2.05) is 24.3 Å². The molecule has 0 saturated carbocycles. The van der Waals surface area contributed by atoms with Gasteiger partial charge in [-0.2, -0.15) is 0 Å². The van der Waals surface area contributed by atoms with Crippen LogP contribution >= 0.6 is 0 Å². The number of hydrogen-bond acceptors (Lipinski definition) is 4. The third-order valence-electron chi connectivity index (χ3n) is 5.54. The fraction of sp³-hybridized carbons (Fsp3) is 0.526. The molecule has 7 heteroatoms. The van der Waals surface area contributed by atoms with E-state index in [4.69, 9.17) is 4.74 Å². The number of nitrogens with one attached hydrogen (secondary N) is 1. The number of likely N-dealkylation sites (tertiary alicyclic amines) is 1. The molecule has 1 atom stereocenters. The minimum Gasteiger partial charge on any atom is -0.343 e. The summed E-state index contributed by atoms with van der Waals surface area (Å²) in [5, 5.41) is 2.92. The Morgan fingerprint density at radius 1 is 1.27 bits per heavy atom. The quantitative estimate of drug-likeness (QED) is 0.871. The predicted molar refractivity (Wildman–Crippen MR) is 93.0 cm³/mol. The third-order valence-corrected chi connectivity index (χ3v) is 5.54. The van der Waals surface area contributed by atoms with Crippen LogP contribution in [0.3, 0.4) is 0 Å². The molecule has 0 bridgehead atoms. The molecule has 2 saturated heterocycles. The maximum atomic E-state index is 12.5. The van der Waals surface area contributed by atoms with Crippen molar-refractivity contribution in [2.45, 2.75) is 44.6 Å². The van der Waals surface area contributed by atoms with Gasteiger partial charge in [0.2, 0.25) is 5.91 Å². The molecule has 7 nitrogen and oxygen atoms in total. The molecule has 4 rings (SSSR count). The van der Waals surface area contributed by atoms with Crippen molar-refractivity contribution in [1.29, 1.82) is 0 Å². The Labute approximate surface area is 152 Å². The summed E-state index contributed by atoms with van der Waals surface area (Å²) in [5.41, 5.74) is 1.15. The highest BCUT2D eigenvalue weighted by molar-refractivity contribution is 5.98. The van der Waals surface area contributed by atoms with Gasteiger partial charge >= 0.3 is 0 Å².